The molecule has 1 aromatic heterocycles. The van der Waals surface area contributed by atoms with Crippen LogP contribution < -0.4 is 5.56 Å². The van der Waals surface area contributed by atoms with E-state index in [1.807, 2.05) is 56.3 Å². The van der Waals surface area contributed by atoms with Gasteiger partial charge in [0, 0.05) is 11.6 Å². The van der Waals surface area contributed by atoms with E-state index in [0.717, 1.165) is 22.4 Å². The van der Waals surface area contributed by atoms with E-state index in [0.29, 0.717) is 6.54 Å². The summed E-state index contributed by atoms with van der Waals surface area (Å²) in [4.78, 5) is 12.1. The SMILES string of the molecule is Cc1cccc(Cn2nc(-c3ccccc3C)ccc2=O)c1. The predicted octanol–water partition coefficient (Wildman–Crippen LogP) is 3.58. The second-order valence-corrected chi connectivity index (χ2v) is 5.52. The fourth-order valence-corrected chi connectivity index (χ4v) is 2.55. The van der Waals surface area contributed by atoms with Crippen molar-refractivity contribution in [3.63, 3.8) is 0 Å². The van der Waals surface area contributed by atoms with Gasteiger partial charge in [0.05, 0.1) is 12.2 Å². The number of aryl methyl sites for hydroxylation is 2. The first kappa shape index (κ1) is 14.3. The third-order valence-corrected chi connectivity index (χ3v) is 3.70. The Morgan fingerprint density at radius 3 is 2.55 bits per heavy atom. The van der Waals surface area contributed by atoms with Gasteiger partial charge in [-0.1, -0.05) is 54.1 Å². The van der Waals surface area contributed by atoms with Gasteiger partial charge >= 0.3 is 0 Å². The van der Waals surface area contributed by atoms with Crippen LogP contribution in [0.2, 0.25) is 0 Å². The molecular weight excluding hydrogens is 272 g/mol. The van der Waals surface area contributed by atoms with Gasteiger partial charge in [0.25, 0.3) is 5.56 Å². The van der Waals surface area contributed by atoms with Crippen LogP contribution in [0.3, 0.4) is 0 Å². The van der Waals surface area contributed by atoms with Gasteiger partial charge in [-0.3, -0.25) is 4.79 Å². The molecule has 3 nitrogen and oxygen atoms in total. The Bertz CT molecular complexity index is 865. The van der Waals surface area contributed by atoms with Gasteiger partial charge in [0.2, 0.25) is 0 Å². The second kappa shape index (κ2) is 5.98. The first-order chi connectivity index (χ1) is 10.6. The summed E-state index contributed by atoms with van der Waals surface area (Å²) >= 11 is 0. The molecule has 3 aromatic rings. The molecule has 0 saturated heterocycles. The third-order valence-electron chi connectivity index (χ3n) is 3.70. The minimum absolute atomic E-state index is 0.0844. The van der Waals surface area contributed by atoms with Crippen molar-refractivity contribution in [1.29, 1.82) is 0 Å². The summed E-state index contributed by atoms with van der Waals surface area (Å²) in [6.45, 7) is 4.58. The zero-order valence-corrected chi connectivity index (χ0v) is 12.8. The minimum Gasteiger partial charge on any atom is -0.268 e. The molecule has 0 fully saturated rings. The van der Waals surface area contributed by atoms with E-state index in [1.54, 1.807) is 12.1 Å². The van der Waals surface area contributed by atoms with Crippen LogP contribution in [0.5, 0.6) is 0 Å². The Labute approximate surface area is 129 Å². The number of hydrogen-bond donors (Lipinski definition) is 0. The Balaban J connectivity index is 2.01. The van der Waals surface area contributed by atoms with Crippen LogP contribution in [0.4, 0.5) is 0 Å². The lowest BCUT2D eigenvalue weighted by Gasteiger charge is -2.09. The molecule has 1 heterocycles. The topological polar surface area (TPSA) is 34.9 Å². The smallest absolute Gasteiger partial charge is 0.267 e. The molecule has 0 atom stereocenters. The fraction of sp³-hybridized carbons (Fsp3) is 0.158. The summed E-state index contributed by atoms with van der Waals surface area (Å²) < 4.78 is 1.52. The summed E-state index contributed by atoms with van der Waals surface area (Å²) in [6, 6.07) is 19.6. The molecule has 0 bridgehead atoms. The van der Waals surface area contributed by atoms with Crippen molar-refractivity contribution in [1.82, 2.24) is 9.78 Å². The van der Waals surface area contributed by atoms with Crippen LogP contribution in [0.15, 0.2) is 65.5 Å². The van der Waals surface area contributed by atoms with Crippen LogP contribution in [-0.2, 0) is 6.54 Å². The summed E-state index contributed by atoms with van der Waals surface area (Å²) in [7, 11) is 0. The summed E-state index contributed by atoms with van der Waals surface area (Å²) in [5.41, 5.74) is 5.21. The Morgan fingerprint density at radius 2 is 1.77 bits per heavy atom. The van der Waals surface area contributed by atoms with Crippen molar-refractivity contribution in [3.8, 4) is 11.3 Å². The molecule has 0 unspecified atom stereocenters. The Morgan fingerprint density at radius 1 is 0.955 bits per heavy atom. The van der Waals surface area contributed by atoms with Crippen LogP contribution in [0.25, 0.3) is 11.3 Å². The number of benzene rings is 2. The van der Waals surface area contributed by atoms with Crippen LogP contribution in [0.1, 0.15) is 16.7 Å². The maximum Gasteiger partial charge on any atom is 0.267 e. The monoisotopic (exact) mass is 290 g/mol. The van der Waals surface area contributed by atoms with E-state index >= 15 is 0 Å². The molecular formula is C19H18N2O. The van der Waals surface area contributed by atoms with Crippen LogP contribution in [0, 0.1) is 13.8 Å². The number of rotatable bonds is 3. The van der Waals surface area contributed by atoms with E-state index in [9.17, 15) is 4.79 Å². The van der Waals surface area contributed by atoms with Crippen molar-refractivity contribution < 1.29 is 0 Å². The van der Waals surface area contributed by atoms with Gasteiger partial charge < -0.3 is 0 Å². The molecule has 2 aromatic carbocycles. The first-order valence-corrected chi connectivity index (χ1v) is 7.33. The molecule has 110 valence electrons. The van der Waals surface area contributed by atoms with Gasteiger partial charge in [-0.25, -0.2) is 4.68 Å². The Hall–Kier alpha value is -2.68. The molecule has 0 spiro atoms. The van der Waals surface area contributed by atoms with E-state index in [-0.39, 0.29) is 5.56 Å². The maximum absolute atomic E-state index is 12.1. The van der Waals surface area contributed by atoms with Gasteiger partial charge in [-0.15, -0.1) is 0 Å². The van der Waals surface area contributed by atoms with Crippen molar-refractivity contribution in [2.45, 2.75) is 20.4 Å². The third kappa shape index (κ3) is 2.98. The molecule has 3 heteroatoms. The highest BCUT2D eigenvalue weighted by molar-refractivity contribution is 5.62. The van der Waals surface area contributed by atoms with E-state index in [4.69, 9.17) is 0 Å². The minimum atomic E-state index is -0.0844. The summed E-state index contributed by atoms with van der Waals surface area (Å²) in [5, 5.41) is 4.53. The first-order valence-electron chi connectivity index (χ1n) is 7.33. The lowest BCUT2D eigenvalue weighted by Crippen LogP contribution is -2.22. The van der Waals surface area contributed by atoms with E-state index < -0.39 is 0 Å². The highest BCUT2D eigenvalue weighted by Crippen LogP contribution is 2.19. The highest BCUT2D eigenvalue weighted by Gasteiger charge is 2.06. The Kier molecular flexibility index (Phi) is 3.88. The van der Waals surface area contributed by atoms with Crippen molar-refractivity contribution in [3.05, 3.63) is 87.7 Å². The fourth-order valence-electron chi connectivity index (χ4n) is 2.55. The summed E-state index contributed by atoms with van der Waals surface area (Å²) in [6.07, 6.45) is 0. The van der Waals surface area contributed by atoms with Crippen LogP contribution >= 0.6 is 0 Å². The van der Waals surface area contributed by atoms with Crippen molar-refractivity contribution >= 4 is 0 Å². The lowest BCUT2D eigenvalue weighted by atomic mass is 10.1. The molecule has 0 N–H and O–H groups in total. The van der Waals surface area contributed by atoms with Gasteiger partial charge in [0.15, 0.2) is 0 Å². The zero-order chi connectivity index (χ0) is 15.5. The van der Waals surface area contributed by atoms with E-state index in [2.05, 4.69) is 11.2 Å². The maximum atomic E-state index is 12.1. The number of nitrogens with zero attached hydrogens (tertiary/aromatic N) is 2. The van der Waals surface area contributed by atoms with Gasteiger partial charge in [0.1, 0.15) is 0 Å². The largest absolute Gasteiger partial charge is 0.268 e. The highest BCUT2D eigenvalue weighted by atomic mass is 16.1. The van der Waals surface area contributed by atoms with E-state index in [1.165, 1.54) is 10.2 Å². The second-order valence-electron chi connectivity index (χ2n) is 5.52. The quantitative estimate of drug-likeness (QED) is 0.739. The van der Waals surface area contributed by atoms with Crippen molar-refractivity contribution in [2.24, 2.45) is 0 Å². The van der Waals surface area contributed by atoms with Gasteiger partial charge in [-0.2, -0.15) is 5.10 Å². The number of aromatic nitrogens is 2. The molecule has 0 saturated carbocycles. The predicted molar refractivity (Wildman–Crippen MR) is 89.0 cm³/mol. The van der Waals surface area contributed by atoms with Gasteiger partial charge in [-0.05, 0) is 31.0 Å². The molecule has 3 rings (SSSR count). The van der Waals surface area contributed by atoms with Crippen LogP contribution in [-0.4, -0.2) is 9.78 Å². The van der Waals surface area contributed by atoms with Crippen molar-refractivity contribution in [2.75, 3.05) is 0 Å². The molecule has 0 aliphatic rings. The average Bonchev–Trinajstić information content (AvgIpc) is 2.50. The molecule has 0 radical (unpaired) electrons. The normalized spacial score (nSPS) is 10.6. The molecule has 22 heavy (non-hydrogen) atoms. The standard InChI is InChI=1S/C19H18N2O/c1-14-6-5-8-16(12-14)13-21-19(22)11-10-18(20-21)17-9-4-3-7-15(17)2/h3-12H,13H2,1-2H3. The molecule has 0 amide bonds. The average molecular weight is 290 g/mol. The zero-order valence-electron chi connectivity index (χ0n) is 12.8. The number of hydrogen-bond acceptors (Lipinski definition) is 2. The molecule has 0 aliphatic heterocycles. The summed E-state index contributed by atoms with van der Waals surface area (Å²) in [5.74, 6) is 0. The lowest BCUT2D eigenvalue weighted by molar-refractivity contribution is 0.642. The molecule has 0 aliphatic carbocycles.